The predicted octanol–water partition coefficient (Wildman–Crippen LogP) is 4.30. The minimum absolute atomic E-state index is 0.196. The van der Waals surface area contributed by atoms with E-state index in [2.05, 4.69) is 0 Å². The number of thiophene rings is 1. The van der Waals surface area contributed by atoms with Crippen molar-refractivity contribution in [3.63, 3.8) is 0 Å². The molecule has 0 amide bonds. The molecule has 0 saturated carbocycles. The predicted molar refractivity (Wildman–Crippen MR) is 98.4 cm³/mol. The first-order chi connectivity index (χ1) is 11.8. The van der Waals surface area contributed by atoms with Gasteiger partial charge in [-0.25, -0.2) is 0 Å². The van der Waals surface area contributed by atoms with Crippen LogP contribution in [0.4, 0.5) is 0 Å². The molecule has 130 valence electrons. The fourth-order valence-electron chi connectivity index (χ4n) is 2.96. The number of carboxylic acid groups (broad SMARTS) is 1. The molecule has 5 nitrogen and oxygen atoms in total. The van der Waals surface area contributed by atoms with Gasteiger partial charge in [0.2, 0.25) is 0 Å². The van der Waals surface area contributed by atoms with Crippen molar-refractivity contribution in [2.24, 2.45) is 0 Å². The van der Waals surface area contributed by atoms with Crippen molar-refractivity contribution >= 4 is 45.7 Å². The van der Waals surface area contributed by atoms with Crippen molar-refractivity contribution < 1.29 is 19.4 Å². The van der Waals surface area contributed by atoms with E-state index in [9.17, 15) is 14.7 Å². The van der Waals surface area contributed by atoms with Crippen LogP contribution < -0.4 is 4.74 Å². The molecule has 2 heterocycles. The highest BCUT2D eigenvalue weighted by Gasteiger charge is 2.24. The van der Waals surface area contributed by atoms with Crippen LogP contribution in [0.5, 0.6) is 5.75 Å². The molecule has 1 N–H and O–H groups in total. The molecular formula is C18H16ClNO4S. The van der Waals surface area contributed by atoms with Crippen LogP contribution in [0.15, 0.2) is 24.3 Å². The fraction of sp³-hybridized carbons (Fsp3) is 0.222. The van der Waals surface area contributed by atoms with Crippen molar-refractivity contribution in [1.29, 1.82) is 0 Å². The van der Waals surface area contributed by atoms with Gasteiger partial charge in [-0.05, 0) is 43.7 Å². The van der Waals surface area contributed by atoms with E-state index in [1.807, 2.05) is 13.0 Å². The number of methoxy groups -OCH3 is 1. The van der Waals surface area contributed by atoms with Crippen molar-refractivity contribution in [2.75, 3.05) is 7.11 Å². The smallest absolute Gasteiger partial charge is 0.307 e. The van der Waals surface area contributed by atoms with Crippen LogP contribution in [0.2, 0.25) is 5.02 Å². The van der Waals surface area contributed by atoms with E-state index >= 15 is 0 Å². The molecule has 0 spiro atoms. The van der Waals surface area contributed by atoms with Crippen LogP contribution in [0.3, 0.4) is 0 Å². The molecule has 0 atom stereocenters. The van der Waals surface area contributed by atoms with Crippen LogP contribution in [0.25, 0.3) is 10.9 Å². The highest BCUT2D eigenvalue weighted by atomic mass is 35.5. The molecule has 7 heteroatoms. The first-order valence-corrected chi connectivity index (χ1v) is 8.74. The van der Waals surface area contributed by atoms with E-state index in [1.54, 1.807) is 25.1 Å². The maximum absolute atomic E-state index is 13.0. The van der Waals surface area contributed by atoms with Gasteiger partial charge in [0, 0.05) is 16.0 Å². The second-order valence-corrected chi connectivity index (χ2v) is 7.33. The summed E-state index contributed by atoms with van der Waals surface area (Å²) < 4.78 is 6.77. The number of nitrogens with zero attached hydrogens (tertiary/aromatic N) is 1. The lowest BCUT2D eigenvalue weighted by molar-refractivity contribution is -0.136. The van der Waals surface area contributed by atoms with Crippen molar-refractivity contribution in [3.8, 4) is 5.75 Å². The third-order valence-electron chi connectivity index (χ3n) is 4.10. The Morgan fingerprint density at radius 2 is 1.96 bits per heavy atom. The second-order valence-electron chi connectivity index (χ2n) is 5.66. The zero-order chi connectivity index (χ0) is 18.3. The van der Waals surface area contributed by atoms with Crippen molar-refractivity contribution in [2.45, 2.75) is 20.3 Å². The number of carbonyl (C=O) groups excluding carboxylic acids is 1. The standard InChI is InChI=1S/C18H16ClNO4S/c1-9-4-7-14(25-9)18(23)20-10(2)11(8-15(21)22)16-12(20)5-6-13(24-3)17(16)19/h4-7H,8H2,1-3H3,(H,21,22). The summed E-state index contributed by atoms with van der Waals surface area (Å²) in [6.07, 6.45) is -0.223. The Balaban J connectivity index is 2.32. The molecule has 0 unspecified atom stereocenters. The number of aliphatic carboxylic acids is 1. The van der Waals surface area contributed by atoms with E-state index in [0.717, 1.165) is 4.88 Å². The molecule has 0 radical (unpaired) electrons. The Morgan fingerprint density at radius 3 is 2.52 bits per heavy atom. The summed E-state index contributed by atoms with van der Waals surface area (Å²) in [5.74, 6) is -0.740. The molecule has 2 aromatic heterocycles. The topological polar surface area (TPSA) is 68.5 Å². The summed E-state index contributed by atoms with van der Waals surface area (Å²) in [5.41, 5.74) is 1.67. The van der Waals surface area contributed by atoms with Gasteiger partial charge in [0.25, 0.3) is 5.91 Å². The lowest BCUT2D eigenvalue weighted by Gasteiger charge is -2.07. The third kappa shape index (κ3) is 2.92. The quantitative estimate of drug-likeness (QED) is 0.736. The third-order valence-corrected chi connectivity index (χ3v) is 5.47. The SMILES string of the molecule is COc1ccc2c(c1Cl)c(CC(=O)O)c(C)n2C(=O)c1ccc(C)s1. The highest BCUT2D eigenvalue weighted by molar-refractivity contribution is 7.14. The normalized spacial score (nSPS) is 11.0. The van der Waals surface area contributed by atoms with Gasteiger partial charge in [-0.3, -0.25) is 14.2 Å². The molecule has 25 heavy (non-hydrogen) atoms. The number of ether oxygens (including phenoxy) is 1. The Hall–Kier alpha value is -2.31. The molecule has 0 bridgehead atoms. The molecule has 0 fully saturated rings. The summed E-state index contributed by atoms with van der Waals surface area (Å²) in [6.45, 7) is 3.67. The minimum atomic E-state index is -0.986. The molecular weight excluding hydrogens is 362 g/mol. The van der Waals surface area contributed by atoms with E-state index in [0.29, 0.717) is 37.8 Å². The van der Waals surface area contributed by atoms with E-state index in [-0.39, 0.29) is 12.3 Å². The zero-order valence-corrected chi connectivity index (χ0v) is 15.5. The average molecular weight is 378 g/mol. The van der Waals surface area contributed by atoms with Gasteiger partial charge in [-0.1, -0.05) is 11.6 Å². The zero-order valence-electron chi connectivity index (χ0n) is 13.9. The number of rotatable bonds is 4. The van der Waals surface area contributed by atoms with Gasteiger partial charge in [0.15, 0.2) is 0 Å². The Morgan fingerprint density at radius 1 is 1.24 bits per heavy atom. The highest BCUT2D eigenvalue weighted by Crippen LogP contribution is 2.38. The fourth-order valence-corrected chi connectivity index (χ4v) is 4.11. The monoisotopic (exact) mass is 377 g/mol. The summed E-state index contributed by atoms with van der Waals surface area (Å²) >= 11 is 7.83. The van der Waals surface area contributed by atoms with Crippen molar-refractivity contribution in [1.82, 2.24) is 4.57 Å². The summed E-state index contributed by atoms with van der Waals surface area (Å²) in [4.78, 5) is 25.9. The molecule has 3 aromatic rings. The lowest BCUT2D eigenvalue weighted by Crippen LogP contribution is -2.12. The summed E-state index contributed by atoms with van der Waals surface area (Å²) in [5, 5.41) is 10.1. The Bertz CT molecular complexity index is 1000. The number of carboxylic acids is 1. The Kier molecular flexibility index (Phi) is 4.58. The number of benzene rings is 1. The molecule has 0 aliphatic heterocycles. The van der Waals surface area contributed by atoms with Gasteiger partial charge < -0.3 is 9.84 Å². The van der Waals surface area contributed by atoms with E-state index < -0.39 is 5.97 Å². The van der Waals surface area contributed by atoms with E-state index in [4.69, 9.17) is 16.3 Å². The molecule has 3 rings (SSSR count). The Labute approximate surface area is 153 Å². The average Bonchev–Trinajstić information content (AvgIpc) is 3.10. The molecule has 1 aromatic carbocycles. The van der Waals surface area contributed by atoms with Crippen molar-refractivity contribution in [3.05, 3.63) is 50.3 Å². The van der Waals surface area contributed by atoms with Crippen LogP contribution in [0, 0.1) is 13.8 Å². The second kappa shape index (κ2) is 6.54. The number of aryl methyl sites for hydroxylation is 1. The summed E-state index contributed by atoms with van der Waals surface area (Å²) in [7, 11) is 1.49. The van der Waals surface area contributed by atoms with Crippen LogP contribution in [0.1, 0.15) is 25.8 Å². The maximum atomic E-state index is 13.0. The van der Waals surface area contributed by atoms with Gasteiger partial charge in [-0.15, -0.1) is 11.3 Å². The lowest BCUT2D eigenvalue weighted by atomic mass is 10.1. The van der Waals surface area contributed by atoms with Crippen LogP contribution in [-0.2, 0) is 11.2 Å². The molecule has 0 aliphatic carbocycles. The number of carbonyl (C=O) groups is 2. The minimum Gasteiger partial charge on any atom is -0.495 e. The maximum Gasteiger partial charge on any atom is 0.307 e. The number of fused-ring (bicyclic) bond motifs is 1. The van der Waals surface area contributed by atoms with E-state index in [1.165, 1.54) is 23.0 Å². The number of hydrogen-bond donors (Lipinski definition) is 1. The first kappa shape index (κ1) is 17.5. The number of aromatic nitrogens is 1. The molecule has 0 saturated heterocycles. The van der Waals surface area contributed by atoms with Gasteiger partial charge in [0.05, 0.1) is 28.9 Å². The van der Waals surface area contributed by atoms with Crippen LogP contribution in [-0.4, -0.2) is 28.7 Å². The number of halogens is 1. The van der Waals surface area contributed by atoms with Gasteiger partial charge >= 0.3 is 5.97 Å². The van der Waals surface area contributed by atoms with Gasteiger partial charge in [0.1, 0.15) is 5.75 Å². The first-order valence-electron chi connectivity index (χ1n) is 7.54. The summed E-state index contributed by atoms with van der Waals surface area (Å²) in [6, 6.07) is 7.07. The number of hydrogen-bond acceptors (Lipinski definition) is 4. The van der Waals surface area contributed by atoms with Gasteiger partial charge in [-0.2, -0.15) is 0 Å². The molecule has 0 aliphatic rings. The van der Waals surface area contributed by atoms with Crippen LogP contribution >= 0.6 is 22.9 Å². The largest absolute Gasteiger partial charge is 0.495 e.